The molecule has 7 heteroatoms. The van der Waals surface area contributed by atoms with Crippen molar-refractivity contribution < 1.29 is 19.2 Å². The number of nitro groups is 1. The molecule has 1 rings (SSSR count). The van der Waals surface area contributed by atoms with E-state index in [1.807, 2.05) is 20.8 Å². The van der Waals surface area contributed by atoms with Gasteiger partial charge in [0.2, 0.25) is 0 Å². The van der Waals surface area contributed by atoms with Gasteiger partial charge in [-0.25, -0.2) is 4.99 Å². The topological polar surface area (TPSA) is 98.9 Å². The molecule has 1 unspecified atom stereocenters. The van der Waals surface area contributed by atoms with Gasteiger partial charge in [0.1, 0.15) is 0 Å². The summed E-state index contributed by atoms with van der Waals surface area (Å²) in [6.45, 7) is 7.02. The molecule has 1 amide bonds. The number of allylic oxidation sites excluding steroid dienone is 1. The number of nitrogens with zero attached hydrogens (tertiary/aromatic N) is 2. The summed E-state index contributed by atoms with van der Waals surface area (Å²) in [5.41, 5.74) is -0.0227. The Labute approximate surface area is 110 Å². The predicted octanol–water partition coefficient (Wildman–Crippen LogP) is 1.50. The van der Waals surface area contributed by atoms with Crippen molar-refractivity contribution in [3.63, 3.8) is 0 Å². The van der Waals surface area contributed by atoms with Crippen LogP contribution in [0.2, 0.25) is 0 Å². The van der Waals surface area contributed by atoms with Gasteiger partial charge in [0, 0.05) is 16.7 Å². The van der Waals surface area contributed by atoms with Crippen LogP contribution in [0.4, 0.5) is 0 Å². The van der Waals surface area contributed by atoms with E-state index in [1.165, 1.54) is 13.0 Å². The molecule has 1 heterocycles. The Morgan fingerprint density at radius 3 is 2.58 bits per heavy atom. The largest absolute Gasteiger partial charge is 0.423 e. The van der Waals surface area contributed by atoms with Crippen LogP contribution in [0.1, 0.15) is 34.1 Å². The maximum atomic E-state index is 11.7. The van der Waals surface area contributed by atoms with Crippen molar-refractivity contribution >= 4 is 17.6 Å². The fourth-order valence-corrected chi connectivity index (χ4v) is 1.55. The van der Waals surface area contributed by atoms with Crippen LogP contribution in [0.5, 0.6) is 0 Å². The molecule has 0 saturated carbocycles. The fraction of sp³-hybridized carbons (Fsp3) is 0.583. The Bertz CT molecular complexity index is 485. The summed E-state index contributed by atoms with van der Waals surface area (Å²) >= 11 is 0. The van der Waals surface area contributed by atoms with Crippen LogP contribution in [0.25, 0.3) is 0 Å². The third-order valence-electron chi connectivity index (χ3n) is 2.26. The molecule has 0 fully saturated rings. The fourth-order valence-electron chi connectivity index (χ4n) is 1.55. The third kappa shape index (κ3) is 4.27. The van der Waals surface area contributed by atoms with E-state index in [-0.39, 0.29) is 23.3 Å². The van der Waals surface area contributed by atoms with Gasteiger partial charge in [0.25, 0.3) is 0 Å². The van der Waals surface area contributed by atoms with E-state index < -0.39 is 22.8 Å². The summed E-state index contributed by atoms with van der Waals surface area (Å²) in [5.74, 6) is -1.80. The molecule has 0 N–H and O–H groups in total. The first-order valence-corrected chi connectivity index (χ1v) is 5.75. The summed E-state index contributed by atoms with van der Waals surface area (Å²) < 4.78 is 4.96. The predicted molar refractivity (Wildman–Crippen MR) is 67.1 cm³/mol. The van der Waals surface area contributed by atoms with E-state index >= 15 is 0 Å². The van der Waals surface area contributed by atoms with Crippen molar-refractivity contribution in [1.29, 1.82) is 0 Å². The first-order valence-electron chi connectivity index (χ1n) is 5.75. The zero-order valence-corrected chi connectivity index (χ0v) is 11.3. The molecule has 7 nitrogen and oxygen atoms in total. The van der Waals surface area contributed by atoms with Gasteiger partial charge in [-0.2, -0.15) is 0 Å². The highest BCUT2D eigenvalue weighted by atomic mass is 16.6. The summed E-state index contributed by atoms with van der Waals surface area (Å²) in [6.07, 6.45) is 1.34. The molecule has 1 aliphatic rings. The average Bonchev–Trinajstić information content (AvgIpc) is 2.10. The Morgan fingerprint density at radius 1 is 1.53 bits per heavy atom. The van der Waals surface area contributed by atoms with Crippen molar-refractivity contribution in [2.75, 3.05) is 0 Å². The number of esters is 1. The maximum Gasteiger partial charge on any atom is 0.348 e. The monoisotopic (exact) mass is 268 g/mol. The van der Waals surface area contributed by atoms with Crippen LogP contribution >= 0.6 is 0 Å². The van der Waals surface area contributed by atoms with E-state index in [0.29, 0.717) is 0 Å². The van der Waals surface area contributed by atoms with Gasteiger partial charge in [-0.1, -0.05) is 20.8 Å². The molecule has 0 aromatic rings. The van der Waals surface area contributed by atoms with Gasteiger partial charge >= 0.3 is 17.9 Å². The molecular weight excluding hydrogens is 252 g/mol. The number of hydrogen-bond acceptors (Lipinski definition) is 5. The SMILES string of the molecule is CC1=NC(=O)C([N+](=O)[O-])C(OC(=O)CC(C)(C)C)=C1. The van der Waals surface area contributed by atoms with Gasteiger partial charge in [0.05, 0.1) is 6.42 Å². The second kappa shape index (κ2) is 5.29. The van der Waals surface area contributed by atoms with Gasteiger partial charge in [-0.3, -0.25) is 19.7 Å². The summed E-state index contributed by atoms with van der Waals surface area (Å²) in [6, 6.07) is -1.73. The number of carbonyl (C=O) groups is 2. The van der Waals surface area contributed by atoms with Crippen LogP contribution in [0.3, 0.4) is 0 Å². The molecule has 0 aliphatic carbocycles. The number of hydrogen-bond donors (Lipinski definition) is 0. The molecule has 0 aromatic heterocycles. The minimum Gasteiger partial charge on any atom is -0.423 e. The number of amides is 1. The van der Waals surface area contributed by atoms with Crippen molar-refractivity contribution in [3.05, 3.63) is 21.9 Å². The zero-order valence-electron chi connectivity index (χ0n) is 11.3. The molecule has 0 bridgehead atoms. The summed E-state index contributed by atoms with van der Waals surface area (Å²) in [7, 11) is 0. The van der Waals surface area contributed by atoms with Crippen molar-refractivity contribution in [2.24, 2.45) is 10.4 Å². The van der Waals surface area contributed by atoms with E-state index in [4.69, 9.17) is 4.74 Å². The summed E-state index contributed by atoms with van der Waals surface area (Å²) in [4.78, 5) is 36.6. The molecule has 0 radical (unpaired) electrons. The van der Waals surface area contributed by atoms with E-state index in [0.717, 1.165) is 0 Å². The molecule has 19 heavy (non-hydrogen) atoms. The molecular formula is C12H16N2O5. The normalized spacial score (nSPS) is 19.6. The number of carbonyl (C=O) groups excluding carboxylic acids is 2. The smallest absolute Gasteiger partial charge is 0.348 e. The minimum atomic E-state index is -1.73. The molecule has 0 aromatic carbocycles. The van der Waals surface area contributed by atoms with E-state index in [2.05, 4.69) is 4.99 Å². The van der Waals surface area contributed by atoms with Gasteiger partial charge in [-0.15, -0.1) is 0 Å². The van der Waals surface area contributed by atoms with Crippen molar-refractivity contribution in [2.45, 2.75) is 40.2 Å². The Kier molecular flexibility index (Phi) is 4.18. The highest BCUT2D eigenvalue weighted by Crippen LogP contribution is 2.22. The second-order valence-electron chi connectivity index (χ2n) is 5.54. The number of aliphatic imine (C=N–C) groups is 1. The van der Waals surface area contributed by atoms with Gasteiger partial charge in [-0.05, 0) is 12.3 Å². The lowest BCUT2D eigenvalue weighted by Gasteiger charge is -2.19. The number of dihydropyridines is 1. The van der Waals surface area contributed by atoms with E-state index in [1.54, 1.807) is 0 Å². The number of ether oxygens (including phenoxy) is 1. The molecule has 0 saturated heterocycles. The van der Waals surface area contributed by atoms with Crippen molar-refractivity contribution in [1.82, 2.24) is 0 Å². The highest BCUT2D eigenvalue weighted by Gasteiger charge is 2.39. The van der Waals surface area contributed by atoms with Crippen LogP contribution in [0, 0.1) is 15.5 Å². The first kappa shape index (κ1) is 15.0. The quantitative estimate of drug-likeness (QED) is 0.438. The Morgan fingerprint density at radius 2 is 2.11 bits per heavy atom. The third-order valence-corrected chi connectivity index (χ3v) is 2.26. The lowest BCUT2D eigenvalue weighted by molar-refractivity contribution is -0.501. The van der Waals surface area contributed by atoms with Gasteiger partial charge < -0.3 is 4.74 Å². The molecule has 1 atom stereocenters. The highest BCUT2D eigenvalue weighted by molar-refractivity contribution is 6.06. The maximum absolute atomic E-state index is 11.7. The Balaban J connectivity index is 2.90. The standard InChI is InChI=1S/C12H16N2O5/c1-7-5-8(10(14(17)18)11(16)13-7)19-9(15)6-12(2,3)4/h5,10H,6H2,1-4H3. The zero-order chi connectivity index (χ0) is 14.8. The second-order valence-corrected chi connectivity index (χ2v) is 5.54. The first-order chi connectivity index (χ1) is 8.60. The van der Waals surface area contributed by atoms with Crippen LogP contribution in [-0.2, 0) is 14.3 Å². The minimum absolute atomic E-state index is 0.0964. The molecule has 0 spiro atoms. The van der Waals surface area contributed by atoms with Crippen LogP contribution < -0.4 is 0 Å². The Hall–Kier alpha value is -2.05. The molecule has 104 valence electrons. The van der Waals surface area contributed by atoms with Crippen molar-refractivity contribution in [3.8, 4) is 0 Å². The average molecular weight is 268 g/mol. The van der Waals surface area contributed by atoms with E-state index in [9.17, 15) is 19.7 Å². The number of rotatable bonds is 3. The van der Waals surface area contributed by atoms with Crippen LogP contribution in [-0.4, -0.2) is 28.6 Å². The van der Waals surface area contributed by atoms with Crippen LogP contribution in [0.15, 0.2) is 16.8 Å². The van der Waals surface area contributed by atoms with Gasteiger partial charge in [0.15, 0.2) is 5.76 Å². The lowest BCUT2D eigenvalue weighted by atomic mass is 9.92. The summed E-state index contributed by atoms with van der Waals surface area (Å²) in [5, 5.41) is 10.8. The lowest BCUT2D eigenvalue weighted by Crippen LogP contribution is -2.35. The molecule has 1 aliphatic heterocycles.